The molecule has 0 saturated carbocycles. The molecule has 1 aromatic carbocycles. The Kier molecular flexibility index (Phi) is 4.03. The first-order chi connectivity index (χ1) is 9.90. The number of hydrogen-bond donors (Lipinski definition) is 2. The average Bonchev–Trinajstić information content (AvgIpc) is 2.72. The highest BCUT2D eigenvalue weighted by Gasteiger charge is 2.35. The van der Waals surface area contributed by atoms with E-state index in [9.17, 15) is 9.59 Å². The number of nitrogens with two attached hydrogens (primary N) is 1. The predicted octanol–water partition coefficient (Wildman–Crippen LogP) is 1.30. The largest absolute Gasteiger partial charge is 0.478 e. The van der Waals surface area contributed by atoms with Crippen LogP contribution >= 0.6 is 12.2 Å². The van der Waals surface area contributed by atoms with Crippen molar-refractivity contribution in [3.05, 3.63) is 29.8 Å². The van der Waals surface area contributed by atoms with E-state index in [1.807, 2.05) is 0 Å². The second kappa shape index (κ2) is 5.75. The van der Waals surface area contributed by atoms with Crippen molar-refractivity contribution in [3.8, 4) is 0 Å². The number of nitrogens with zero attached hydrogens (tertiary/aromatic N) is 4. The summed E-state index contributed by atoms with van der Waals surface area (Å²) in [5, 5.41) is 21.3. The second-order valence-electron chi connectivity index (χ2n) is 4.20. The van der Waals surface area contributed by atoms with Crippen molar-refractivity contribution >= 4 is 40.6 Å². The number of aromatic carboxylic acids is 1. The van der Waals surface area contributed by atoms with E-state index in [4.69, 9.17) is 23.1 Å². The molecule has 1 heterocycles. The summed E-state index contributed by atoms with van der Waals surface area (Å²) in [6.45, 7) is 1.60. The van der Waals surface area contributed by atoms with E-state index >= 15 is 0 Å². The highest BCUT2D eigenvalue weighted by Crippen LogP contribution is 2.18. The lowest BCUT2D eigenvalue weighted by atomic mass is 10.2. The average molecular weight is 305 g/mol. The maximum atomic E-state index is 11.9. The lowest BCUT2D eigenvalue weighted by Crippen LogP contribution is -2.37. The van der Waals surface area contributed by atoms with Gasteiger partial charge < -0.3 is 10.8 Å². The van der Waals surface area contributed by atoms with Gasteiger partial charge in [-0.25, -0.2) is 4.79 Å². The number of rotatable bonds is 3. The van der Waals surface area contributed by atoms with Crippen LogP contribution in [0.1, 0.15) is 17.3 Å². The van der Waals surface area contributed by atoms with E-state index in [1.54, 1.807) is 13.0 Å². The number of thiocarbonyl (C=S) groups is 1. The first-order valence-electron chi connectivity index (χ1n) is 5.83. The molecule has 1 aliphatic heterocycles. The van der Waals surface area contributed by atoms with Crippen molar-refractivity contribution in [2.75, 3.05) is 0 Å². The van der Waals surface area contributed by atoms with Crippen LogP contribution in [0.5, 0.6) is 0 Å². The Labute approximate surface area is 125 Å². The van der Waals surface area contributed by atoms with Crippen LogP contribution in [-0.4, -0.2) is 38.9 Å². The molecule has 0 saturated heterocycles. The van der Waals surface area contributed by atoms with E-state index < -0.39 is 17.9 Å². The van der Waals surface area contributed by atoms with Crippen LogP contribution in [0.2, 0.25) is 0 Å². The summed E-state index contributed by atoms with van der Waals surface area (Å²) in [4.78, 5) is 22.8. The fraction of sp³-hybridized carbons (Fsp3) is 0.167. The Morgan fingerprint density at radius 2 is 2.24 bits per heavy atom. The maximum absolute atomic E-state index is 11.9. The Balaban J connectivity index is 2.20. The fourth-order valence-electron chi connectivity index (χ4n) is 1.67. The molecule has 1 aliphatic rings. The minimum atomic E-state index is -1.07. The topological polar surface area (TPSA) is 121 Å². The van der Waals surface area contributed by atoms with Gasteiger partial charge >= 0.3 is 5.97 Å². The van der Waals surface area contributed by atoms with Gasteiger partial charge in [0, 0.05) is 0 Å². The zero-order chi connectivity index (χ0) is 15.6. The van der Waals surface area contributed by atoms with Crippen LogP contribution in [0, 0.1) is 0 Å². The molecule has 9 heteroatoms. The van der Waals surface area contributed by atoms with Crippen LogP contribution in [-0.2, 0) is 4.79 Å². The third-order valence-corrected chi connectivity index (χ3v) is 2.86. The molecule has 0 unspecified atom stereocenters. The van der Waals surface area contributed by atoms with Crippen molar-refractivity contribution < 1.29 is 14.7 Å². The van der Waals surface area contributed by atoms with Gasteiger partial charge in [-0.15, -0.1) is 0 Å². The van der Waals surface area contributed by atoms with Crippen LogP contribution in [0.4, 0.5) is 5.69 Å². The minimum Gasteiger partial charge on any atom is -0.478 e. The second-order valence-corrected chi connectivity index (χ2v) is 4.62. The molecule has 0 bridgehead atoms. The number of hydrazone groups is 1. The SMILES string of the molecule is CC1=NN(C(N)=S)C(=O)[C@H]1N=Nc1cccc(C(=O)O)c1. The van der Waals surface area contributed by atoms with Crippen LogP contribution < -0.4 is 5.73 Å². The molecule has 108 valence electrons. The zero-order valence-electron chi connectivity index (χ0n) is 10.9. The molecule has 8 nitrogen and oxygen atoms in total. The van der Waals surface area contributed by atoms with E-state index in [1.165, 1.54) is 18.2 Å². The zero-order valence-corrected chi connectivity index (χ0v) is 11.7. The number of carbonyl (C=O) groups excluding carboxylic acids is 1. The van der Waals surface area contributed by atoms with Crippen LogP contribution in [0.25, 0.3) is 0 Å². The summed E-state index contributed by atoms with van der Waals surface area (Å²) in [6, 6.07) is 5.00. The molecule has 0 radical (unpaired) electrons. The van der Waals surface area contributed by atoms with E-state index in [2.05, 4.69) is 15.3 Å². The molecule has 3 N–H and O–H groups in total. The van der Waals surface area contributed by atoms with Gasteiger partial charge in [-0.2, -0.15) is 20.3 Å². The number of azo groups is 1. The standard InChI is InChI=1S/C12H11N5O3S/c1-6-9(10(18)17(16-6)12(13)21)15-14-8-4-2-3-7(5-8)11(19)20/h2-5,9H,1H3,(H2,13,21)(H,19,20)/t9-/m0/s1. The lowest BCUT2D eigenvalue weighted by Gasteiger charge is -2.08. The number of carbonyl (C=O) groups is 2. The maximum Gasteiger partial charge on any atom is 0.335 e. The molecule has 0 aromatic heterocycles. The van der Waals surface area contributed by atoms with Gasteiger partial charge in [0.1, 0.15) is 0 Å². The molecule has 2 rings (SSSR count). The predicted molar refractivity (Wildman–Crippen MR) is 78.4 cm³/mol. The summed E-state index contributed by atoms with van der Waals surface area (Å²) < 4.78 is 0. The van der Waals surface area contributed by atoms with E-state index in [-0.39, 0.29) is 10.7 Å². The smallest absolute Gasteiger partial charge is 0.335 e. The molecule has 1 aromatic rings. The van der Waals surface area contributed by atoms with Crippen molar-refractivity contribution in [2.45, 2.75) is 13.0 Å². The van der Waals surface area contributed by atoms with Gasteiger partial charge in [-0.1, -0.05) is 6.07 Å². The van der Waals surface area contributed by atoms with Gasteiger partial charge in [0.15, 0.2) is 11.2 Å². The normalized spacial score (nSPS) is 18.1. The molecule has 1 atom stereocenters. The fourth-order valence-corrected chi connectivity index (χ4v) is 1.80. The number of carboxylic acids is 1. The number of hydrogen-bond acceptors (Lipinski definition) is 6. The number of benzene rings is 1. The molecular formula is C12H11N5O3S. The van der Waals surface area contributed by atoms with E-state index in [0.29, 0.717) is 11.4 Å². The summed E-state index contributed by atoms with van der Waals surface area (Å²) in [5.41, 5.74) is 6.18. The van der Waals surface area contributed by atoms with Gasteiger partial charge in [0.05, 0.1) is 17.0 Å². The molecular weight excluding hydrogens is 294 g/mol. The van der Waals surface area contributed by atoms with Gasteiger partial charge in [0.25, 0.3) is 5.91 Å². The summed E-state index contributed by atoms with van der Waals surface area (Å²) in [6.07, 6.45) is 0. The minimum absolute atomic E-state index is 0.0827. The van der Waals surface area contributed by atoms with Gasteiger partial charge in [-0.3, -0.25) is 4.79 Å². The third kappa shape index (κ3) is 3.08. The number of carboxylic acid groups (broad SMARTS) is 1. The van der Waals surface area contributed by atoms with Crippen LogP contribution in [0.15, 0.2) is 39.6 Å². The molecule has 0 fully saturated rings. The van der Waals surface area contributed by atoms with Crippen molar-refractivity contribution in [2.24, 2.45) is 21.1 Å². The van der Waals surface area contributed by atoms with Gasteiger partial charge in [-0.05, 0) is 37.3 Å². The first-order valence-corrected chi connectivity index (χ1v) is 6.23. The summed E-state index contributed by atoms with van der Waals surface area (Å²) >= 11 is 4.70. The van der Waals surface area contributed by atoms with Crippen molar-refractivity contribution in [1.82, 2.24) is 5.01 Å². The lowest BCUT2D eigenvalue weighted by molar-refractivity contribution is -0.126. The summed E-state index contributed by atoms with van der Waals surface area (Å²) in [5.74, 6) is -1.56. The quantitative estimate of drug-likeness (QED) is 0.644. The Hall–Kier alpha value is -2.68. The summed E-state index contributed by atoms with van der Waals surface area (Å²) in [7, 11) is 0. The van der Waals surface area contributed by atoms with Crippen molar-refractivity contribution in [1.29, 1.82) is 0 Å². The molecule has 21 heavy (non-hydrogen) atoms. The Morgan fingerprint density at radius 1 is 1.52 bits per heavy atom. The van der Waals surface area contributed by atoms with Crippen LogP contribution in [0.3, 0.4) is 0 Å². The Morgan fingerprint density at radius 3 is 2.81 bits per heavy atom. The molecule has 0 aliphatic carbocycles. The van der Waals surface area contributed by atoms with Crippen molar-refractivity contribution in [3.63, 3.8) is 0 Å². The Bertz CT molecular complexity index is 685. The monoisotopic (exact) mass is 305 g/mol. The first kappa shape index (κ1) is 14.7. The highest BCUT2D eigenvalue weighted by molar-refractivity contribution is 7.80. The van der Waals surface area contributed by atoms with Gasteiger partial charge in [0.2, 0.25) is 0 Å². The molecule has 1 amide bonds. The number of amides is 1. The highest BCUT2D eigenvalue weighted by atomic mass is 32.1. The van der Waals surface area contributed by atoms with E-state index in [0.717, 1.165) is 5.01 Å². The molecule has 0 spiro atoms. The third-order valence-electron chi connectivity index (χ3n) is 2.69.